The van der Waals surface area contributed by atoms with Gasteiger partial charge in [0, 0.05) is 18.1 Å². The molecule has 4 rings (SSSR count). The van der Waals surface area contributed by atoms with E-state index in [1.54, 1.807) is 6.20 Å². The number of pyridine rings is 1. The molecule has 1 aromatic carbocycles. The number of carbonyl (C=O) groups excluding carboxylic acids is 1. The Morgan fingerprint density at radius 3 is 2.69 bits per heavy atom. The quantitative estimate of drug-likeness (QED) is 0.701. The summed E-state index contributed by atoms with van der Waals surface area (Å²) in [7, 11) is 0. The Balaban J connectivity index is 1.47. The first-order valence-electron chi connectivity index (χ1n) is 10.1. The summed E-state index contributed by atoms with van der Waals surface area (Å²) in [5.41, 5.74) is 4.42. The average Bonchev–Trinajstić information content (AvgIpc) is 3.25. The number of rotatable bonds is 5. The third-order valence-corrected chi connectivity index (χ3v) is 5.41. The second-order valence-corrected chi connectivity index (χ2v) is 7.73. The van der Waals surface area contributed by atoms with Crippen molar-refractivity contribution in [1.82, 2.24) is 20.1 Å². The molecular weight excluding hydrogens is 364 g/mol. The van der Waals surface area contributed by atoms with Gasteiger partial charge in [-0.05, 0) is 67.6 Å². The van der Waals surface area contributed by atoms with Crippen LogP contribution in [0.3, 0.4) is 0 Å². The van der Waals surface area contributed by atoms with Crippen molar-refractivity contribution >= 4 is 5.91 Å². The minimum Gasteiger partial charge on any atom is -0.391 e. The zero-order chi connectivity index (χ0) is 20.2. The predicted molar refractivity (Wildman–Crippen MR) is 111 cm³/mol. The van der Waals surface area contributed by atoms with E-state index in [2.05, 4.69) is 27.5 Å². The Morgan fingerprint density at radius 1 is 1.17 bits per heavy atom. The topological polar surface area (TPSA) is 80.0 Å². The van der Waals surface area contributed by atoms with Crippen molar-refractivity contribution in [2.75, 3.05) is 0 Å². The normalized spacial score (nSPS) is 19.1. The van der Waals surface area contributed by atoms with E-state index < -0.39 is 6.10 Å². The van der Waals surface area contributed by atoms with E-state index in [-0.39, 0.29) is 11.9 Å². The van der Waals surface area contributed by atoms with Gasteiger partial charge in [0.1, 0.15) is 5.69 Å². The van der Waals surface area contributed by atoms with Gasteiger partial charge < -0.3 is 10.4 Å². The third kappa shape index (κ3) is 4.71. The lowest BCUT2D eigenvalue weighted by molar-refractivity contribution is 0.0713. The minimum absolute atomic E-state index is 0.183. The van der Waals surface area contributed by atoms with Gasteiger partial charge in [-0.25, -0.2) is 9.67 Å². The molecule has 1 amide bonds. The van der Waals surface area contributed by atoms with E-state index in [4.69, 9.17) is 0 Å². The molecule has 2 heterocycles. The van der Waals surface area contributed by atoms with E-state index in [1.807, 2.05) is 48.1 Å². The SMILES string of the molecule is Cc1cc(Cc2ccc(-n3cccn3)cc2)cc(C(=O)N[C@H]2CCCC[C@@H]2O)n1. The maximum atomic E-state index is 12.7. The molecule has 0 bridgehead atoms. The number of hydrogen-bond donors (Lipinski definition) is 2. The van der Waals surface area contributed by atoms with Crippen LogP contribution in [-0.4, -0.2) is 37.9 Å². The van der Waals surface area contributed by atoms with Crippen molar-refractivity contribution in [2.24, 2.45) is 0 Å². The Hall–Kier alpha value is -2.99. The highest BCUT2D eigenvalue weighted by molar-refractivity contribution is 5.92. The predicted octanol–water partition coefficient (Wildman–Crippen LogP) is 3.20. The number of benzene rings is 1. The van der Waals surface area contributed by atoms with Gasteiger partial charge in [-0.2, -0.15) is 5.10 Å². The molecule has 1 fully saturated rings. The molecule has 3 aromatic rings. The van der Waals surface area contributed by atoms with Crippen LogP contribution in [0, 0.1) is 6.92 Å². The summed E-state index contributed by atoms with van der Waals surface area (Å²) in [5.74, 6) is -0.213. The lowest BCUT2D eigenvalue weighted by Gasteiger charge is -2.28. The van der Waals surface area contributed by atoms with Crippen LogP contribution in [-0.2, 0) is 6.42 Å². The lowest BCUT2D eigenvalue weighted by atomic mass is 9.92. The fraction of sp³-hybridized carbons (Fsp3) is 0.348. The van der Waals surface area contributed by atoms with E-state index in [0.29, 0.717) is 5.69 Å². The Morgan fingerprint density at radius 2 is 1.97 bits per heavy atom. The lowest BCUT2D eigenvalue weighted by Crippen LogP contribution is -2.45. The number of aliphatic hydroxyl groups excluding tert-OH is 1. The number of hydrogen-bond acceptors (Lipinski definition) is 4. The van der Waals surface area contributed by atoms with Crippen molar-refractivity contribution < 1.29 is 9.90 Å². The monoisotopic (exact) mass is 390 g/mol. The highest BCUT2D eigenvalue weighted by Crippen LogP contribution is 2.19. The van der Waals surface area contributed by atoms with Crippen molar-refractivity contribution in [3.05, 3.63) is 77.4 Å². The average molecular weight is 390 g/mol. The number of carbonyl (C=O) groups is 1. The number of nitrogens with one attached hydrogen (secondary N) is 1. The molecule has 2 atom stereocenters. The van der Waals surface area contributed by atoms with Gasteiger partial charge in [0.15, 0.2) is 0 Å². The van der Waals surface area contributed by atoms with E-state index in [1.165, 1.54) is 0 Å². The van der Waals surface area contributed by atoms with Gasteiger partial charge in [-0.1, -0.05) is 25.0 Å². The molecule has 6 heteroatoms. The zero-order valence-corrected chi connectivity index (χ0v) is 16.6. The summed E-state index contributed by atoms with van der Waals surface area (Å²) in [4.78, 5) is 17.1. The van der Waals surface area contributed by atoms with Crippen LogP contribution in [0.5, 0.6) is 0 Å². The first-order chi connectivity index (χ1) is 14.1. The molecule has 1 aliphatic rings. The fourth-order valence-electron chi connectivity index (χ4n) is 3.90. The number of aryl methyl sites for hydroxylation is 1. The Bertz CT molecular complexity index is 967. The Labute approximate surface area is 170 Å². The molecule has 0 aliphatic heterocycles. The molecule has 2 aromatic heterocycles. The summed E-state index contributed by atoms with van der Waals surface area (Å²) < 4.78 is 1.82. The summed E-state index contributed by atoms with van der Waals surface area (Å²) >= 11 is 0. The van der Waals surface area contributed by atoms with Crippen LogP contribution >= 0.6 is 0 Å². The summed E-state index contributed by atoms with van der Waals surface area (Å²) in [5, 5.41) is 17.3. The van der Waals surface area contributed by atoms with Gasteiger partial charge in [0.2, 0.25) is 0 Å². The number of aromatic nitrogens is 3. The van der Waals surface area contributed by atoms with Crippen LogP contribution < -0.4 is 5.32 Å². The van der Waals surface area contributed by atoms with Crippen LogP contribution in [0.25, 0.3) is 5.69 Å². The van der Waals surface area contributed by atoms with Gasteiger partial charge in [-0.3, -0.25) is 4.79 Å². The molecular formula is C23H26N4O2. The van der Waals surface area contributed by atoms with Crippen LogP contribution in [0.2, 0.25) is 0 Å². The maximum Gasteiger partial charge on any atom is 0.270 e. The molecule has 0 unspecified atom stereocenters. The molecule has 150 valence electrons. The summed E-state index contributed by atoms with van der Waals surface area (Å²) in [6, 6.07) is 13.8. The van der Waals surface area contributed by atoms with E-state index in [9.17, 15) is 9.90 Å². The summed E-state index contributed by atoms with van der Waals surface area (Å²) in [6.45, 7) is 1.90. The zero-order valence-electron chi connectivity index (χ0n) is 16.6. The number of nitrogens with zero attached hydrogens (tertiary/aromatic N) is 3. The smallest absolute Gasteiger partial charge is 0.270 e. The first-order valence-corrected chi connectivity index (χ1v) is 10.1. The van der Waals surface area contributed by atoms with Crippen molar-refractivity contribution in [3.8, 4) is 5.69 Å². The van der Waals surface area contributed by atoms with Crippen LogP contribution in [0.4, 0.5) is 0 Å². The van der Waals surface area contributed by atoms with Gasteiger partial charge >= 0.3 is 0 Å². The molecule has 1 aliphatic carbocycles. The van der Waals surface area contributed by atoms with Crippen molar-refractivity contribution in [2.45, 2.75) is 51.2 Å². The summed E-state index contributed by atoms with van der Waals surface area (Å²) in [6.07, 6.45) is 7.52. The van der Waals surface area contributed by atoms with Crippen molar-refractivity contribution in [3.63, 3.8) is 0 Å². The number of aliphatic hydroxyl groups is 1. The molecule has 0 spiro atoms. The van der Waals surface area contributed by atoms with E-state index in [0.717, 1.165) is 54.6 Å². The van der Waals surface area contributed by atoms with E-state index >= 15 is 0 Å². The second-order valence-electron chi connectivity index (χ2n) is 7.73. The van der Waals surface area contributed by atoms with Gasteiger partial charge in [0.25, 0.3) is 5.91 Å². The van der Waals surface area contributed by atoms with Gasteiger partial charge in [-0.15, -0.1) is 0 Å². The largest absolute Gasteiger partial charge is 0.391 e. The third-order valence-electron chi connectivity index (χ3n) is 5.41. The molecule has 2 N–H and O–H groups in total. The van der Waals surface area contributed by atoms with Crippen LogP contribution in [0.1, 0.15) is 53.0 Å². The van der Waals surface area contributed by atoms with Gasteiger partial charge in [0.05, 0.1) is 17.8 Å². The van der Waals surface area contributed by atoms with Crippen LogP contribution in [0.15, 0.2) is 54.9 Å². The molecule has 0 radical (unpaired) electrons. The standard InChI is InChI=1S/C23H26N4O2/c1-16-13-18(14-17-7-9-19(10-8-17)27-12-4-11-24-27)15-21(25-16)23(29)26-20-5-2-3-6-22(20)28/h4,7-13,15,20,22,28H,2-3,5-6,14H2,1H3,(H,26,29)/t20-,22-/m0/s1. The molecule has 29 heavy (non-hydrogen) atoms. The fourth-order valence-corrected chi connectivity index (χ4v) is 3.90. The minimum atomic E-state index is -0.467. The molecule has 0 saturated heterocycles. The maximum absolute atomic E-state index is 12.7. The number of amides is 1. The highest BCUT2D eigenvalue weighted by Gasteiger charge is 2.25. The second kappa shape index (κ2) is 8.57. The molecule has 6 nitrogen and oxygen atoms in total. The molecule has 1 saturated carbocycles. The van der Waals surface area contributed by atoms with Crippen molar-refractivity contribution in [1.29, 1.82) is 0 Å². The Kier molecular flexibility index (Phi) is 5.71. The first kappa shape index (κ1) is 19.3. The highest BCUT2D eigenvalue weighted by atomic mass is 16.3.